The summed E-state index contributed by atoms with van der Waals surface area (Å²) >= 11 is 0. The van der Waals surface area contributed by atoms with Gasteiger partial charge in [0.25, 0.3) is 15.9 Å². The number of para-hydroxylation sites is 1. The monoisotopic (exact) mass is 302 g/mol. The molecule has 0 fully saturated rings. The van der Waals surface area contributed by atoms with E-state index in [0.29, 0.717) is 0 Å². The molecular weight excluding hydrogens is 292 g/mol. The second-order valence-electron chi connectivity index (χ2n) is 4.49. The largest absolute Gasteiger partial charge is 0.366 e. The van der Waals surface area contributed by atoms with Gasteiger partial charge in [0.15, 0.2) is 0 Å². The van der Waals surface area contributed by atoms with Crippen molar-refractivity contribution in [2.45, 2.75) is 4.90 Å². The number of carbonyl (C=O) groups excluding carboxylic acids is 2. The first-order valence-electron chi connectivity index (χ1n) is 6.01. The molecule has 0 aliphatic carbocycles. The molecule has 1 aliphatic heterocycles. The van der Waals surface area contributed by atoms with Crippen LogP contribution in [0.15, 0.2) is 53.4 Å². The van der Waals surface area contributed by atoms with E-state index in [0.717, 1.165) is 10.4 Å². The highest BCUT2D eigenvalue weighted by Crippen LogP contribution is 2.34. The summed E-state index contributed by atoms with van der Waals surface area (Å²) in [6.07, 6.45) is 0. The minimum Gasteiger partial charge on any atom is -0.366 e. The number of nitrogens with two attached hydrogens (primary N) is 1. The third-order valence-corrected chi connectivity index (χ3v) is 4.94. The van der Waals surface area contributed by atoms with E-state index in [1.54, 1.807) is 18.2 Å². The molecule has 0 saturated heterocycles. The Hall–Kier alpha value is -2.67. The predicted molar refractivity (Wildman–Crippen MR) is 75.4 cm³/mol. The summed E-state index contributed by atoms with van der Waals surface area (Å²) in [6, 6.07) is 11.8. The molecule has 7 heteroatoms. The Morgan fingerprint density at radius 1 is 1.05 bits per heavy atom. The first-order chi connectivity index (χ1) is 9.93. The van der Waals surface area contributed by atoms with Crippen LogP contribution in [0, 0.1) is 0 Å². The third-order valence-electron chi connectivity index (χ3n) is 3.19. The number of hydrogen-bond donors (Lipinski definition) is 1. The second kappa shape index (κ2) is 4.42. The number of anilines is 1. The van der Waals surface area contributed by atoms with Gasteiger partial charge in [-0.25, -0.2) is 8.42 Å². The van der Waals surface area contributed by atoms with Crippen LogP contribution in [-0.2, 0) is 10.0 Å². The maximum atomic E-state index is 12.5. The van der Waals surface area contributed by atoms with Crippen LogP contribution in [0.1, 0.15) is 20.7 Å². The van der Waals surface area contributed by atoms with Crippen molar-refractivity contribution >= 4 is 27.5 Å². The van der Waals surface area contributed by atoms with E-state index in [1.807, 2.05) is 0 Å². The maximum Gasteiger partial charge on any atom is 0.273 e. The fourth-order valence-corrected chi connectivity index (χ4v) is 3.82. The lowest BCUT2D eigenvalue weighted by molar-refractivity contribution is 0.0991. The Kier molecular flexibility index (Phi) is 2.80. The highest BCUT2D eigenvalue weighted by Gasteiger charge is 2.42. The third kappa shape index (κ3) is 1.90. The minimum atomic E-state index is -4.03. The normalized spacial score (nSPS) is 15.8. The van der Waals surface area contributed by atoms with Gasteiger partial charge >= 0.3 is 0 Å². The lowest BCUT2D eigenvalue weighted by Gasteiger charge is -2.14. The van der Waals surface area contributed by atoms with Crippen molar-refractivity contribution < 1.29 is 18.0 Å². The van der Waals surface area contributed by atoms with Crippen molar-refractivity contribution in [1.29, 1.82) is 0 Å². The van der Waals surface area contributed by atoms with Gasteiger partial charge in [0, 0.05) is 5.56 Å². The Bertz CT molecular complexity index is 860. The van der Waals surface area contributed by atoms with Crippen LogP contribution in [0.2, 0.25) is 0 Å². The number of benzene rings is 2. The molecule has 0 aromatic heterocycles. The van der Waals surface area contributed by atoms with Crippen molar-refractivity contribution in [3.05, 3.63) is 59.7 Å². The van der Waals surface area contributed by atoms with E-state index in [1.165, 1.54) is 24.3 Å². The van der Waals surface area contributed by atoms with Gasteiger partial charge in [0.05, 0.1) is 11.3 Å². The Labute approximate surface area is 120 Å². The fraction of sp³-hybridized carbons (Fsp3) is 0. The van der Waals surface area contributed by atoms with E-state index in [9.17, 15) is 18.0 Å². The summed E-state index contributed by atoms with van der Waals surface area (Å²) in [5.41, 5.74) is 5.47. The number of hydrogen-bond acceptors (Lipinski definition) is 4. The summed E-state index contributed by atoms with van der Waals surface area (Å²) in [5.74, 6) is -1.40. The molecule has 1 aliphatic rings. The van der Waals surface area contributed by atoms with Crippen LogP contribution in [0.5, 0.6) is 0 Å². The Balaban J connectivity index is 2.22. The molecular formula is C14H10N2O4S. The van der Waals surface area contributed by atoms with Gasteiger partial charge in [-0.1, -0.05) is 18.2 Å². The molecule has 0 unspecified atom stereocenters. The first-order valence-corrected chi connectivity index (χ1v) is 7.45. The average molecular weight is 302 g/mol. The zero-order valence-electron chi connectivity index (χ0n) is 10.7. The quantitative estimate of drug-likeness (QED) is 0.899. The minimum absolute atomic E-state index is 0.0313. The molecule has 21 heavy (non-hydrogen) atoms. The molecule has 0 atom stereocenters. The van der Waals surface area contributed by atoms with Crippen molar-refractivity contribution in [1.82, 2.24) is 0 Å². The fourth-order valence-electron chi connectivity index (χ4n) is 2.20. The van der Waals surface area contributed by atoms with Crippen molar-refractivity contribution in [3.63, 3.8) is 0 Å². The summed E-state index contributed by atoms with van der Waals surface area (Å²) in [5, 5.41) is 0. The number of fused-ring (bicyclic) bond motifs is 1. The van der Waals surface area contributed by atoms with Gasteiger partial charge in [-0.2, -0.15) is 4.31 Å². The molecule has 0 saturated carbocycles. The second-order valence-corrected chi connectivity index (χ2v) is 6.24. The topological polar surface area (TPSA) is 97.5 Å². The highest BCUT2D eigenvalue weighted by molar-refractivity contribution is 7.94. The zero-order chi connectivity index (χ0) is 15.2. The Morgan fingerprint density at radius 3 is 2.33 bits per heavy atom. The van der Waals surface area contributed by atoms with Crippen LogP contribution >= 0.6 is 0 Å². The van der Waals surface area contributed by atoms with Crippen LogP contribution < -0.4 is 10.0 Å². The summed E-state index contributed by atoms with van der Waals surface area (Å²) in [4.78, 5) is 23.3. The van der Waals surface area contributed by atoms with Crippen LogP contribution in [0.4, 0.5) is 5.69 Å². The van der Waals surface area contributed by atoms with Gasteiger partial charge in [-0.05, 0) is 30.3 Å². The van der Waals surface area contributed by atoms with E-state index in [2.05, 4.69) is 0 Å². The average Bonchev–Trinajstić information content (AvgIpc) is 2.66. The zero-order valence-corrected chi connectivity index (χ0v) is 11.5. The van der Waals surface area contributed by atoms with Crippen LogP contribution in [-0.4, -0.2) is 20.2 Å². The molecule has 6 nitrogen and oxygen atoms in total. The number of sulfonamides is 1. The highest BCUT2D eigenvalue weighted by atomic mass is 32.2. The molecule has 0 bridgehead atoms. The van der Waals surface area contributed by atoms with Gasteiger partial charge in [0.1, 0.15) is 4.90 Å². The predicted octanol–water partition coefficient (Wildman–Crippen LogP) is 1.13. The van der Waals surface area contributed by atoms with E-state index in [-0.39, 0.29) is 21.7 Å². The molecule has 2 aromatic carbocycles. The molecule has 3 rings (SSSR count). The SMILES string of the molecule is NC(=O)c1ccc2c(c1)S(=O)(=O)N(c1ccccc1)C2=O. The number of primary amides is 1. The molecule has 0 spiro atoms. The lowest BCUT2D eigenvalue weighted by atomic mass is 10.1. The number of amides is 2. The summed E-state index contributed by atoms with van der Waals surface area (Å²) in [6.45, 7) is 0. The van der Waals surface area contributed by atoms with E-state index >= 15 is 0 Å². The smallest absolute Gasteiger partial charge is 0.273 e. The van der Waals surface area contributed by atoms with Gasteiger partial charge < -0.3 is 5.73 Å². The number of carbonyl (C=O) groups is 2. The molecule has 0 radical (unpaired) electrons. The van der Waals surface area contributed by atoms with E-state index in [4.69, 9.17) is 5.73 Å². The van der Waals surface area contributed by atoms with Crippen molar-refractivity contribution in [2.24, 2.45) is 5.73 Å². The van der Waals surface area contributed by atoms with Crippen molar-refractivity contribution in [3.8, 4) is 0 Å². The van der Waals surface area contributed by atoms with Gasteiger partial charge in [-0.3, -0.25) is 9.59 Å². The van der Waals surface area contributed by atoms with Gasteiger partial charge in [-0.15, -0.1) is 0 Å². The molecule has 1 heterocycles. The first kappa shape index (κ1) is 13.3. The summed E-state index contributed by atoms with van der Waals surface area (Å²) in [7, 11) is -4.03. The Morgan fingerprint density at radius 2 is 1.71 bits per heavy atom. The summed E-state index contributed by atoms with van der Waals surface area (Å²) < 4.78 is 25.8. The molecule has 2 aromatic rings. The maximum absolute atomic E-state index is 12.5. The number of nitrogens with zero attached hydrogens (tertiary/aromatic N) is 1. The van der Waals surface area contributed by atoms with Crippen molar-refractivity contribution in [2.75, 3.05) is 4.31 Å². The van der Waals surface area contributed by atoms with Crippen LogP contribution in [0.3, 0.4) is 0 Å². The standard InChI is InChI=1S/C14H10N2O4S/c15-13(17)9-6-7-11-12(8-9)21(19,20)16(14(11)18)10-4-2-1-3-5-10/h1-8H,(H2,15,17). The lowest BCUT2D eigenvalue weighted by Crippen LogP contribution is -2.29. The van der Waals surface area contributed by atoms with Gasteiger partial charge in [0.2, 0.25) is 5.91 Å². The van der Waals surface area contributed by atoms with E-state index < -0.39 is 21.8 Å². The molecule has 106 valence electrons. The molecule has 2 amide bonds. The molecule has 2 N–H and O–H groups in total. The van der Waals surface area contributed by atoms with Crippen LogP contribution in [0.25, 0.3) is 0 Å². The number of rotatable bonds is 2.